The van der Waals surface area contributed by atoms with Gasteiger partial charge < -0.3 is 10.1 Å². The summed E-state index contributed by atoms with van der Waals surface area (Å²) >= 11 is 0. The van der Waals surface area contributed by atoms with E-state index in [2.05, 4.69) is 5.32 Å². The van der Waals surface area contributed by atoms with Gasteiger partial charge in [-0.05, 0) is 52.0 Å². The summed E-state index contributed by atoms with van der Waals surface area (Å²) < 4.78 is 5.44. The minimum atomic E-state index is -0.374. The molecular formula is C15H27NO2. The van der Waals surface area contributed by atoms with Crippen LogP contribution < -0.4 is 5.32 Å². The van der Waals surface area contributed by atoms with Crippen molar-refractivity contribution in [3.05, 3.63) is 0 Å². The van der Waals surface area contributed by atoms with Crippen molar-refractivity contribution in [3.63, 3.8) is 0 Å². The van der Waals surface area contributed by atoms with Crippen LogP contribution in [-0.4, -0.2) is 24.2 Å². The van der Waals surface area contributed by atoms with Crippen molar-refractivity contribution in [1.29, 1.82) is 0 Å². The first kappa shape index (κ1) is 13.9. The molecule has 3 nitrogen and oxygen atoms in total. The van der Waals surface area contributed by atoms with Gasteiger partial charge in [0.2, 0.25) is 0 Å². The number of nitrogens with one attached hydrogen (secondary N) is 1. The SMILES string of the molecule is CC(C)(C)OC(=O)C1CCC(C2CCCC2)CN1. The molecule has 2 aliphatic rings. The molecule has 1 aliphatic carbocycles. The number of rotatable bonds is 2. The maximum Gasteiger partial charge on any atom is 0.323 e. The molecule has 0 aromatic heterocycles. The van der Waals surface area contributed by atoms with Crippen molar-refractivity contribution in [3.8, 4) is 0 Å². The number of ether oxygens (including phenoxy) is 1. The Bertz CT molecular complexity index is 281. The molecule has 0 spiro atoms. The van der Waals surface area contributed by atoms with Crippen LogP contribution >= 0.6 is 0 Å². The van der Waals surface area contributed by atoms with E-state index in [-0.39, 0.29) is 17.6 Å². The first-order valence-electron chi connectivity index (χ1n) is 7.42. The van der Waals surface area contributed by atoms with Crippen LogP contribution in [0.4, 0.5) is 0 Å². The number of carbonyl (C=O) groups is 1. The molecule has 1 N–H and O–H groups in total. The number of piperidine rings is 1. The molecule has 1 saturated heterocycles. The van der Waals surface area contributed by atoms with Gasteiger partial charge >= 0.3 is 5.97 Å². The second kappa shape index (κ2) is 5.60. The van der Waals surface area contributed by atoms with Gasteiger partial charge in [0.15, 0.2) is 0 Å². The highest BCUT2D eigenvalue weighted by atomic mass is 16.6. The molecule has 0 amide bonds. The Labute approximate surface area is 111 Å². The fourth-order valence-corrected chi connectivity index (χ4v) is 3.28. The summed E-state index contributed by atoms with van der Waals surface area (Å²) in [4.78, 5) is 12.0. The zero-order valence-corrected chi connectivity index (χ0v) is 12.0. The Morgan fingerprint density at radius 2 is 1.72 bits per heavy atom. The minimum Gasteiger partial charge on any atom is -0.459 e. The predicted octanol–water partition coefficient (Wildman–Crippen LogP) is 2.89. The minimum absolute atomic E-state index is 0.0765. The van der Waals surface area contributed by atoms with E-state index in [4.69, 9.17) is 4.74 Å². The van der Waals surface area contributed by atoms with E-state index in [0.29, 0.717) is 0 Å². The van der Waals surface area contributed by atoms with E-state index in [9.17, 15) is 4.79 Å². The third-order valence-corrected chi connectivity index (χ3v) is 4.21. The lowest BCUT2D eigenvalue weighted by Gasteiger charge is -2.33. The highest BCUT2D eigenvalue weighted by Crippen LogP contribution is 2.35. The Kier molecular flexibility index (Phi) is 4.31. The molecule has 1 heterocycles. The van der Waals surface area contributed by atoms with E-state index < -0.39 is 0 Å². The van der Waals surface area contributed by atoms with Crippen molar-refractivity contribution < 1.29 is 9.53 Å². The summed E-state index contributed by atoms with van der Waals surface area (Å²) in [6.45, 7) is 6.77. The van der Waals surface area contributed by atoms with Crippen LogP contribution in [0.15, 0.2) is 0 Å². The smallest absolute Gasteiger partial charge is 0.323 e. The van der Waals surface area contributed by atoms with Crippen LogP contribution in [0, 0.1) is 11.8 Å². The van der Waals surface area contributed by atoms with Crippen LogP contribution in [0.3, 0.4) is 0 Å². The third-order valence-electron chi connectivity index (χ3n) is 4.21. The van der Waals surface area contributed by atoms with Gasteiger partial charge in [0.05, 0.1) is 0 Å². The molecule has 2 fully saturated rings. The lowest BCUT2D eigenvalue weighted by atomic mass is 9.83. The Balaban J connectivity index is 1.77. The summed E-state index contributed by atoms with van der Waals surface area (Å²) in [5.41, 5.74) is -0.374. The van der Waals surface area contributed by atoms with E-state index in [0.717, 1.165) is 24.8 Å². The maximum absolute atomic E-state index is 12.0. The van der Waals surface area contributed by atoms with E-state index in [1.54, 1.807) is 0 Å². The van der Waals surface area contributed by atoms with Crippen LogP contribution in [0.1, 0.15) is 59.3 Å². The van der Waals surface area contributed by atoms with Gasteiger partial charge in [0, 0.05) is 0 Å². The van der Waals surface area contributed by atoms with Gasteiger partial charge in [-0.15, -0.1) is 0 Å². The molecule has 1 saturated carbocycles. The van der Waals surface area contributed by atoms with Crippen molar-refractivity contribution in [1.82, 2.24) is 5.32 Å². The highest BCUT2D eigenvalue weighted by molar-refractivity contribution is 5.76. The second-order valence-electron chi connectivity index (χ2n) is 6.88. The van der Waals surface area contributed by atoms with Crippen LogP contribution in [0.2, 0.25) is 0 Å². The van der Waals surface area contributed by atoms with Crippen LogP contribution in [0.5, 0.6) is 0 Å². The first-order chi connectivity index (χ1) is 8.46. The second-order valence-corrected chi connectivity index (χ2v) is 6.88. The molecule has 0 aromatic rings. The molecule has 2 unspecified atom stereocenters. The maximum atomic E-state index is 12.0. The number of carbonyl (C=O) groups excluding carboxylic acids is 1. The number of esters is 1. The van der Waals surface area contributed by atoms with Gasteiger partial charge in [-0.2, -0.15) is 0 Å². The van der Waals surface area contributed by atoms with Crippen LogP contribution in [0.25, 0.3) is 0 Å². The van der Waals surface area contributed by atoms with Crippen molar-refractivity contribution in [2.75, 3.05) is 6.54 Å². The Morgan fingerprint density at radius 1 is 1.06 bits per heavy atom. The van der Waals surface area contributed by atoms with Crippen molar-refractivity contribution in [2.24, 2.45) is 11.8 Å². The zero-order valence-electron chi connectivity index (χ0n) is 12.0. The standard InChI is InChI=1S/C15H27NO2/c1-15(2,3)18-14(17)13-9-8-12(10-16-13)11-6-4-5-7-11/h11-13,16H,4-10H2,1-3H3. The van der Waals surface area contributed by atoms with Gasteiger partial charge in [-0.3, -0.25) is 4.79 Å². The van der Waals surface area contributed by atoms with Crippen molar-refractivity contribution >= 4 is 5.97 Å². The molecule has 0 aromatic carbocycles. The fourth-order valence-electron chi connectivity index (χ4n) is 3.28. The topological polar surface area (TPSA) is 38.3 Å². The normalized spacial score (nSPS) is 30.4. The molecule has 2 rings (SSSR count). The lowest BCUT2D eigenvalue weighted by Crippen LogP contribution is -2.47. The third kappa shape index (κ3) is 3.71. The molecule has 0 radical (unpaired) electrons. The summed E-state index contributed by atoms with van der Waals surface area (Å²) in [5, 5.41) is 3.39. The van der Waals surface area contributed by atoms with E-state index >= 15 is 0 Å². The molecular weight excluding hydrogens is 226 g/mol. The largest absolute Gasteiger partial charge is 0.459 e. The molecule has 104 valence electrons. The molecule has 0 bridgehead atoms. The molecule has 18 heavy (non-hydrogen) atoms. The highest BCUT2D eigenvalue weighted by Gasteiger charge is 2.33. The summed E-state index contributed by atoms with van der Waals surface area (Å²) in [6, 6.07) is -0.0816. The zero-order chi connectivity index (χ0) is 13.2. The van der Waals surface area contributed by atoms with Gasteiger partial charge in [0.25, 0.3) is 0 Å². The number of hydrogen-bond donors (Lipinski definition) is 1. The van der Waals surface area contributed by atoms with Gasteiger partial charge in [0.1, 0.15) is 11.6 Å². The fraction of sp³-hybridized carbons (Fsp3) is 0.933. The Morgan fingerprint density at radius 3 is 2.22 bits per heavy atom. The Hall–Kier alpha value is -0.570. The quantitative estimate of drug-likeness (QED) is 0.769. The summed E-state index contributed by atoms with van der Waals surface area (Å²) in [5.74, 6) is 1.61. The van der Waals surface area contributed by atoms with E-state index in [1.165, 1.54) is 32.1 Å². The molecule has 2 atom stereocenters. The summed E-state index contributed by atoms with van der Waals surface area (Å²) in [6.07, 6.45) is 7.71. The lowest BCUT2D eigenvalue weighted by molar-refractivity contribution is -0.158. The number of hydrogen-bond acceptors (Lipinski definition) is 3. The van der Waals surface area contributed by atoms with Crippen LogP contribution in [-0.2, 0) is 9.53 Å². The molecule has 3 heteroatoms. The molecule has 1 aliphatic heterocycles. The monoisotopic (exact) mass is 253 g/mol. The first-order valence-corrected chi connectivity index (χ1v) is 7.42. The van der Waals surface area contributed by atoms with Gasteiger partial charge in [-0.25, -0.2) is 0 Å². The van der Waals surface area contributed by atoms with Gasteiger partial charge in [-0.1, -0.05) is 25.7 Å². The summed E-state index contributed by atoms with van der Waals surface area (Å²) in [7, 11) is 0. The van der Waals surface area contributed by atoms with E-state index in [1.807, 2.05) is 20.8 Å². The predicted molar refractivity (Wildman–Crippen MR) is 72.3 cm³/mol. The van der Waals surface area contributed by atoms with Crippen molar-refractivity contribution in [2.45, 2.75) is 70.9 Å². The average Bonchev–Trinajstić information content (AvgIpc) is 2.80. The average molecular weight is 253 g/mol.